The first-order valence-electron chi connectivity index (χ1n) is 13.8. The van der Waals surface area contributed by atoms with Gasteiger partial charge in [-0.15, -0.1) is 0 Å². The molecule has 8 heteroatoms. The first-order valence-corrected chi connectivity index (χ1v) is 13.8. The molecule has 2 aliphatic carbocycles. The monoisotopic (exact) mass is 508 g/mol. The Labute approximate surface area is 218 Å². The molecule has 1 aromatic carbocycles. The van der Waals surface area contributed by atoms with Crippen molar-refractivity contribution in [2.24, 2.45) is 0 Å². The van der Waals surface area contributed by atoms with Gasteiger partial charge in [0.25, 0.3) is 0 Å². The van der Waals surface area contributed by atoms with Crippen LogP contribution in [0.15, 0.2) is 42.7 Å². The molecule has 3 heterocycles. The van der Waals surface area contributed by atoms with Gasteiger partial charge in [0.05, 0.1) is 18.2 Å². The number of rotatable bonds is 8. The number of aliphatic hydroxyl groups is 1. The quantitative estimate of drug-likeness (QED) is 0.527. The van der Waals surface area contributed by atoms with E-state index in [1.807, 2.05) is 36.2 Å². The summed E-state index contributed by atoms with van der Waals surface area (Å²) in [5.74, 6) is -0.145. The van der Waals surface area contributed by atoms with E-state index < -0.39 is 18.2 Å². The number of likely N-dealkylation sites (tertiary alicyclic amines) is 1. The van der Waals surface area contributed by atoms with Crippen LogP contribution in [-0.2, 0) is 9.53 Å². The molecule has 7 nitrogen and oxygen atoms in total. The van der Waals surface area contributed by atoms with Crippen molar-refractivity contribution in [2.45, 2.75) is 93.8 Å². The summed E-state index contributed by atoms with van der Waals surface area (Å²) in [6, 6.07) is 8.47. The number of carbonyl (C=O) groups excluding carboxylic acids is 1. The molecule has 198 valence electrons. The second-order valence-corrected chi connectivity index (χ2v) is 11.3. The lowest BCUT2D eigenvalue weighted by Crippen LogP contribution is -2.48. The molecular weight excluding hydrogens is 471 g/mol. The molecular formula is C29H37FN4O3. The van der Waals surface area contributed by atoms with Gasteiger partial charge in [0.1, 0.15) is 18.1 Å². The minimum atomic E-state index is -0.565. The summed E-state index contributed by atoms with van der Waals surface area (Å²) in [5.41, 5.74) is 2.09. The summed E-state index contributed by atoms with van der Waals surface area (Å²) >= 11 is 0. The van der Waals surface area contributed by atoms with E-state index in [4.69, 9.17) is 4.74 Å². The lowest BCUT2D eigenvalue weighted by atomic mass is 9.95. The molecule has 0 spiro atoms. The van der Waals surface area contributed by atoms with Crippen LogP contribution in [0.4, 0.5) is 10.1 Å². The molecule has 2 saturated carbocycles. The predicted molar refractivity (Wildman–Crippen MR) is 139 cm³/mol. The number of aliphatic hydroxyl groups excluding tert-OH is 1. The van der Waals surface area contributed by atoms with Crippen molar-refractivity contribution in [1.82, 2.24) is 15.2 Å². The summed E-state index contributed by atoms with van der Waals surface area (Å²) < 4.78 is 21.5. The SMILES string of the molecule is CN1C[C@H](O)C[C@@H]1C(=O)N(c1ccc(C2CC2)c(F)c1)C(c1cccnc1)C1OC1NC1CCCCC1. The Morgan fingerprint density at radius 2 is 2.03 bits per heavy atom. The first kappa shape index (κ1) is 24.9. The zero-order chi connectivity index (χ0) is 25.5. The van der Waals surface area contributed by atoms with E-state index in [-0.39, 0.29) is 30.0 Å². The summed E-state index contributed by atoms with van der Waals surface area (Å²) in [7, 11) is 1.86. The van der Waals surface area contributed by atoms with Crippen molar-refractivity contribution in [3.05, 3.63) is 59.7 Å². The molecule has 2 aliphatic heterocycles. The highest BCUT2D eigenvalue weighted by atomic mass is 19.1. The molecule has 37 heavy (non-hydrogen) atoms. The average Bonchev–Trinajstić information content (AvgIpc) is 3.83. The van der Waals surface area contributed by atoms with Gasteiger partial charge in [0, 0.05) is 30.7 Å². The number of benzene rings is 1. The van der Waals surface area contributed by atoms with E-state index in [0.717, 1.165) is 36.8 Å². The zero-order valence-corrected chi connectivity index (χ0v) is 21.4. The molecule has 2 N–H and O–H groups in total. The third kappa shape index (κ3) is 5.30. The van der Waals surface area contributed by atoms with Gasteiger partial charge in [-0.3, -0.25) is 20.0 Å². The third-order valence-electron chi connectivity index (χ3n) is 8.47. The second-order valence-electron chi connectivity index (χ2n) is 11.3. The Kier molecular flexibility index (Phi) is 7.01. The number of pyridine rings is 1. The number of epoxide rings is 1. The maximum absolute atomic E-state index is 15.3. The van der Waals surface area contributed by atoms with Crippen LogP contribution in [0.3, 0.4) is 0 Å². The van der Waals surface area contributed by atoms with Gasteiger partial charge < -0.3 is 14.7 Å². The highest BCUT2D eigenvalue weighted by Gasteiger charge is 2.52. The number of halogens is 1. The third-order valence-corrected chi connectivity index (χ3v) is 8.47. The highest BCUT2D eigenvalue weighted by molar-refractivity contribution is 5.98. The van der Waals surface area contributed by atoms with E-state index >= 15 is 4.39 Å². The molecule has 6 rings (SSSR count). The largest absolute Gasteiger partial charge is 0.392 e. The normalized spacial score (nSPS) is 29.3. The minimum Gasteiger partial charge on any atom is -0.392 e. The number of ether oxygens (including phenoxy) is 1. The molecule has 1 aromatic heterocycles. The Hall–Kier alpha value is -2.39. The van der Waals surface area contributed by atoms with Crippen LogP contribution in [0.1, 0.15) is 74.5 Å². The van der Waals surface area contributed by atoms with E-state index in [9.17, 15) is 9.90 Å². The summed E-state index contributed by atoms with van der Waals surface area (Å²) in [5, 5.41) is 14.0. The van der Waals surface area contributed by atoms with Crippen molar-refractivity contribution in [3.63, 3.8) is 0 Å². The van der Waals surface area contributed by atoms with Crippen LogP contribution in [0.25, 0.3) is 0 Å². The number of nitrogens with zero attached hydrogens (tertiary/aromatic N) is 3. The van der Waals surface area contributed by atoms with Gasteiger partial charge in [-0.25, -0.2) is 4.39 Å². The standard InChI is InChI=1S/C29H37FN4O3/c1-33-17-22(35)15-25(33)29(36)34(21-11-12-23(18-9-10-18)24(30)14-21)26(19-6-5-13-31-16-19)27-28(37-27)32-20-7-3-2-4-8-20/h5-6,11-14,16,18,20,22,25-28,32,35H,2-4,7-10,15,17H2,1H3/t22-,25-,26?,27?,28?/m1/s1. The highest BCUT2D eigenvalue weighted by Crippen LogP contribution is 2.45. The molecule has 2 aromatic rings. The number of anilines is 1. The second kappa shape index (κ2) is 10.4. The fourth-order valence-corrected chi connectivity index (χ4v) is 6.27. The van der Waals surface area contributed by atoms with Gasteiger partial charge in [0.2, 0.25) is 5.91 Å². The molecule has 2 saturated heterocycles. The summed E-state index contributed by atoms with van der Waals surface area (Å²) in [6.07, 6.45) is 10.8. The first-order chi connectivity index (χ1) is 18.0. The molecule has 4 fully saturated rings. The zero-order valence-electron chi connectivity index (χ0n) is 21.4. The Morgan fingerprint density at radius 3 is 2.68 bits per heavy atom. The summed E-state index contributed by atoms with van der Waals surface area (Å²) in [6.45, 7) is 0.433. The van der Waals surface area contributed by atoms with E-state index in [2.05, 4.69) is 10.3 Å². The molecule has 5 atom stereocenters. The smallest absolute Gasteiger partial charge is 0.245 e. The van der Waals surface area contributed by atoms with E-state index in [1.165, 1.54) is 25.3 Å². The van der Waals surface area contributed by atoms with E-state index in [1.54, 1.807) is 17.3 Å². The molecule has 1 amide bonds. The van der Waals surface area contributed by atoms with E-state index in [0.29, 0.717) is 24.7 Å². The average molecular weight is 509 g/mol. The van der Waals surface area contributed by atoms with Gasteiger partial charge >= 0.3 is 0 Å². The van der Waals surface area contributed by atoms with Crippen LogP contribution in [0.2, 0.25) is 0 Å². The number of likely N-dealkylation sites (N-methyl/N-ethyl adjacent to an activating group) is 1. The van der Waals surface area contributed by atoms with Crippen LogP contribution >= 0.6 is 0 Å². The van der Waals surface area contributed by atoms with Crippen molar-refractivity contribution in [2.75, 3.05) is 18.5 Å². The van der Waals surface area contributed by atoms with Crippen molar-refractivity contribution < 1.29 is 19.0 Å². The molecule has 3 unspecified atom stereocenters. The van der Waals surface area contributed by atoms with Crippen molar-refractivity contribution in [3.8, 4) is 0 Å². The number of amides is 1. The fraction of sp³-hybridized carbons (Fsp3) is 0.586. The molecule has 4 aliphatic rings. The number of β-amino-alcohol motifs (C(OH)–C–C–N with tert-alkyl or cyclic N) is 1. The topological polar surface area (TPSA) is 81.2 Å². The number of carbonyl (C=O) groups is 1. The summed E-state index contributed by atoms with van der Waals surface area (Å²) in [4.78, 5) is 22.2. The number of nitrogens with one attached hydrogen (secondary N) is 1. The van der Waals surface area contributed by atoms with Crippen molar-refractivity contribution >= 4 is 11.6 Å². The number of hydrogen-bond donors (Lipinski definition) is 2. The number of aromatic nitrogens is 1. The van der Waals surface area contributed by atoms with Crippen LogP contribution < -0.4 is 10.2 Å². The molecule has 0 bridgehead atoms. The van der Waals surface area contributed by atoms with Crippen molar-refractivity contribution in [1.29, 1.82) is 0 Å². The number of hydrogen-bond acceptors (Lipinski definition) is 6. The van der Waals surface area contributed by atoms with Crippen LogP contribution in [-0.4, -0.2) is 65.0 Å². The Bertz CT molecular complexity index is 1110. The van der Waals surface area contributed by atoms with Gasteiger partial charge in [-0.1, -0.05) is 31.4 Å². The van der Waals surface area contributed by atoms with Gasteiger partial charge in [-0.05, 0) is 74.4 Å². The maximum atomic E-state index is 15.3. The minimum absolute atomic E-state index is 0.154. The maximum Gasteiger partial charge on any atom is 0.245 e. The Balaban J connectivity index is 1.36. The lowest BCUT2D eigenvalue weighted by Gasteiger charge is -2.35. The predicted octanol–water partition coefficient (Wildman–Crippen LogP) is 3.88. The van der Waals surface area contributed by atoms with Gasteiger partial charge in [0.15, 0.2) is 0 Å². The lowest BCUT2D eigenvalue weighted by molar-refractivity contribution is -0.123. The fourth-order valence-electron chi connectivity index (χ4n) is 6.27. The van der Waals surface area contributed by atoms with Crippen LogP contribution in [0.5, 0.6) is 0 Å². The molecule has 0 radical (unpaired) electrons. The van der Waals surface area contributed by atoms with Gasteiger partial charge in [-0.2, -0.15) is 0 Å². The Morgan fingerprint density at radius 1 is 1.22 bits per heavy atom. The van der Waals surface area contributed by atoms with Crippen LogP contribution in [0, 0.1) is 5.82 Å².